The molecule has 0 aliphatic rings. The van der Waals surface area contributed by atoms with Crippen molar-refractivity contribution in [2.45, 2.75) is 31.7 Å². The van der Waals surface area contributed by atoms with Crippen LogP contribution >= 0.6 is 0 Å². The minimum Gasteiger partial charge on any atom is -0.481 e. The van der Waals surface area contributed by atoms with E-state index in [0.717, 1.165) is 11.1 Å². The Morgan fingerprint density at radius 3 is 2.00 bits per heavy atom. The van der Waals surface area contributed by atoms with Crippen LogP contribution in [0, 0.1) is 0 Å². The number of nitrogens with one attached hydrogen (secondary N) is 2. The Kier molecular flexibility index (Phi) is 8.82. The topological polar surface area (TPSA) is 113 Å². The summed E-state index contributed by atoms with van der Waals surface area (Å²) in [4.78, 5) is 23.4. The van der Waals surface area contributed by atoms with E-state index in [1.54, 1.807) is 0 Å². The summed E-state index contributed by atoms with van der Waals surface area (Å²) < 4.78 is 26.9. The molecule has 1 atom stereocenters. The third-order valence-corrected chi connectivity index (χ3v) is 5.76. The van der Waals surface area contributed by atoms with E-state index in [1.165, 1.54) is 0 Å². The van der Waals surface area contributed by atoms with E-state index in [9.17, 15) is 18.0 Å². The lowest BCUT2D eigenvalue weighted by Crippen LogP contribution is -2.48. The molecule has 0 bridgehead atoms. The van der Waals surface area contributed by atoms with Gasteiger partial charge >= 0.3 is 5.97 Å². The zero-order valence-electron chi connectivity index (χ0n) is 16.1. The Labute approximate surface area is 171 Å². The van der Waals surface area contributed by atoms with Gasteiger partial charge in [0.05, 0.1) is 12.2 Å². The Balaban J connectivity index is 1.86. The lowest BCUT2D eigenvalue weighted by Gasteiger charge is -2.17. The van der Waals surface area contributed by atoms with Crippen LogP contribution in [0.3, 0.4) is 0 Å². The van der Waals surface area contributed by atoms with Crippen molar-refractivity contribution >= 4 is 21.9 Å². The third-order valence-electron chi connectivity index (χ3n) is 4.29. The number of carboxylic acids is 1. The molecule has 156 valence electrons. The average molecular weight is 419 g/mol. The van der Waals surface area contributed by atoms with Crippen LogP contribution in [0.4, 0.5) is 0 Å². The molecule has 0 aliphatic carbocycles. The van der Waals surface area contributed by atoms with Crippen molar-refractivity contribution < 1.29 is 23.1 Å². The number of carboxylic acid groups (broad SMARTS) is 1. The molecule has 0 heterocycles. The predicted octanol–water partition coefficient (Wildman–Crippen LogP) is 1.74. The highest BCUT2D eigenvalue weighted by molar-refractivity contribution is 7.89. The van der Waals surface area contributed by atoms with Crippen molar-refractivity contribution in [3.05, 3.63) is 71.8 Å². The first-order chi connectivity index (χ1) is 13.9. The number of hydrogen-bond donors (Lipinski definition) is 3. The summed E-state index contributed by atoms with van der Waals surface area (Å²) in [6, 6.07) is 17.6. The molecule has 8 heteroatoms. The van der Waals surface area contributed by atoms with Gasteiger partial charge in [-0.15, -0.1) is 0 Å². The number of rotatable bonds is 12. The molecule has 0 radical (unpaired) electrons. The van der Waals surface area contributed by atoms with Crippen molar-refractivity contribution in [2.24, 2.45) is 0 Å². The Bertz CT molecular complexity index is 886. The average Bonchev–Trinajstić information content (AvgIpc) is 2.68. The van der Waals surface area contributed by atoms with Crippen molar-refractivity contribution in [1.82, 2.24) is 10.0 Å². The van der Waals surface area contributed by atoms with Gasteiger partial charge in [0.1, 0.15) is 6.04 Å². The Hall–Kier alpha value is -2.71. The number of aryl methyl sites for hydroxylation is 1. The fourth-order valence-corrected chi connectivity index (χ4v) is 4.11. The highest BCUT2D eigenvalue weighted by Gasteiger charge is 2.26. The summed E-state index contributed by atoms with van der Waals surface area (Å²) in [6.45, 7) is 0.286. The molecule has 3 N–H and O–H groups in total. The molecule has 7 nitrogen and oxygen atoms in total. The number of hydrogen-bond acceptors (Lipinski definition) is 4. The molecule has 0 aliphatic heterocycles. The normalized spacial score (nSPS) is 12.3. The van der Waals surface area contributed by atoms with Gasteiger partial charge in [0.2, 0.25) is 15.9 Å². The van der Waals surface area contributed by atoms with Crippen LogP contribution in [0.5, 0.6) is 0 Å². The van der Waals surface area contributed by atoms with Gasteiger partial charge in [-0.2, -0.15) is 0 Å². The van der Waals surface area contributed by atoms with Crippen LogP contribution in [0.1, 0.15) is 24.0 Å². The first-order valence-electron chi connectivity index (χ1n) is 9.43. The van der Waals surface area contributed by atoms with Crippen LogP contribution in [-0.2, 0) is 32.5 Å². The number of amides is 1. The van der Waals surface area contributed by atoms with Crippen LogP contribution in [-0.4, -0.2) is 43.7 Å². The summed E-state index contributed by atoms with van der Waals surface area (Å²) in [7, 11) is -3.79. The maximum atomic E-state index is 12.3. The number of aliphatic carboxylic acids is 1. The van der Waals surface area contributed by atoms with Gasteiger partial charge < -0.3 is 10.4 Å². The van der Waals surface area contributed by atoms with E-state index in [4.69, 9.17) is 5.11 Å². The van der Waals surface area contributed by atoms with Crippen LogP contribution in [0.25, 0.3) is 0 Å². The molecule has 0 aromatic heterocycles. The molecule has 29 heavy (non-hydrogen) atoms. The lowest BCUT2D eigenvalue weighted by molar-refractivity contribution is -0.139. The molecule has 2 aromatic rings. The Morgan fingerprint density at radius 2 is 1.45 bits per heavy atom. The number of carbonyl (C=O) groups is 2. The maximum Gasteiger partial charge on any atom is 0.305 e. The zero-order valence-corrected chi connectivity index (χ0v) is 16.9. The predicted molar refractivity (Wildman–Crippen MR) is 111 cm³/mol. The highest BCUT2D eigenvalue weighted by atomic mass is 32.2. The van der Waals surface area contributed by atoms with Gasteiger partial charge in [0.15, 0.2) is 0 Å². The quantitative estimate of drug-likeness (QED) is 0.486. The fourth-order valence-electron chi connectivity index (χ4n) is 2.85. The first-order valence-corrected chi connectivity index (χ1v) is 11.1. The molecule has 0 spiro atoms. The maximum absolute atomic E-state index is 12.3. The van der Waals surface area contributed by atoms with Crippen molar-refractivity contribution in [1.29, 1.82) is 0 Å². The Morgan fingerprint density at radius 1 is 0.897 bits per heavy atom. The summed E-state index contributed by atoms with van der Waals surface area (Å²) in [5.74, 6) is -2.08. The SMILES string of the molecule is O=C(O)C[C@H](NS(=O)(=O)CCCc1ccccc1)C(=O)NCCc1ccccc1. The summed E-state index contributed by atoms with van der Waals surface area (Å²) in [5.41, 5.74) is 2.03. The van der Waals surface area contributed by atoms with Crippen molar-refractivity contribution in [3.8, 4) is 0 Å². The number of sulfonamides is 1. The van der Waals surface area contributed by atoms with Crippen molar-refractivity contribution in [2.75, 3.05) is 12.3 Å². The van der Waals surface area contributed by atoms with E-state index >= 15 is 0 Å². The molecule has 2 aromatic carbocycles. The van der Waals surface area contributed by atoms with E-state index in [1.807, 2.05) is 60.7 Å². The molecule has 0 fully saturated rings. The minimum atomic E-state index is -3.79. The summed E-state index contributed by atoms with van der Waals surface area (Å²) in [6.07, 6.45) is 0.897. The van der Waals surface area contributed by atoms with Crippen molar-refractivity contribution in [3.63, 3.8) is 0 Å². The first kappa shape index (κ1) is 22.6. The van der Waals surface area contributed by atoms with Crippen LogP contribution in [0.2, 0.25) is 0 Å². The van der Waals surface area contributed by atoms with E-state index in [0.29, 0.717) is 19.3 Å². The third kappa shape index (κ3) is 8.89. The van der Waals surface area contributed by atoms with Gasteiger partial charge in [-0.3, -0.25) is 9.59 Å². The van der Waals surface area contributed by atoms with Gasteiger partial charge in [-0.1, -0.05) is 60.7 Å². The van der Waals surface area contributed by atoms with Gasteiger partial charge in [-0.05, 0) is 30.4 Å². The number of carbonyl (C=O) groups excluding carboxylic acids is 1. The second kappa shape index (κ2) is 11.3. The highest BCUT2D eigenvalue weighted by Crippen LogP contribution is 2.05. The summed E-state index contributed by atoms with van der Waals surface area (Å²) in [5, 5.41) is 11.7. The number of benzene rings is 2. The van der Waals surface area contributed by atoms with Gasteiger partial charge in [-0.25, -0.2) is 13.1 Å². The molecule has 0 saturated heterocycles. The molecule has 0 unspecified atom stereocenters. The fraction of sp³-hybridized carbons (Fsp3) is 0.333. The summed E-state index contributed by atoms with van der Waals surface area (Å²) >= 11 is 0. The van der Waals surface area contributed by atoms with E-state index < -0.39 is 34.4 Å². The molecule has 2 rings (SSSR count). The van der Waals surface area contributed by atoms with Crippen LogP contribution < -0.4 is 10.0 Å². The largest absolute Gasteiger partial charge is 0.481 e. The molecular formula is C21H26N2O5S. The van der Waals surface area contributed by atoms with Gasteiger partial charge in [0, 0.05) is 6.54 Å². The molecule has 1 amide bonds. The van der Waals surface area contributed by atoms with E-state index in [2.05, 4.69) is 10.0 Å². The standard InChI is InChI=1S/C21H26N2O5S/c24-20(25)16-19(21(26)22-14-13-18-10-5-2-6-11-18)23-29(27,28)15-7-12-17-8-3-1-4-9-17/h1-6,8-11,19,23H,7,12-16H2,(H,22,26)(H,24,25)/t19-/m0/s1. The van der Waals surface area contributed by atoms with Gasteiger partial charge in [0.25, 0.3) is 0 Å². The van der Waals surface area contributed by atoms with E-state index in [-0.39, 0.29) is 12.3 Å². The zero-order chi connectivity index (χ0) is 21.1. The lowest BCUT2D eigenvalue weighted by atomic mass is 10.1. The second-order valence-corrected chi connectivity index (χ2v) is 8.58. The molecular weight excluding hydrogens is 392 g/mol. The second-order valence-electron chi connectivity index (χ2n) is 6.70. The smallest absolute Gasteiger partial charge is 0.305 e. The minimum absolute atomic E-state index is 0.185. The molecule has 0 saturated carbocycles. The van der Waals surface area contributed by atoms with Crippen LogP contribution in [0.15, 0.2) is 60.7 Å². The monoisotopic (exact) mass is 418 g/mol.